The molecule has 0 N–H and O–H groups in total. The average Bonchev–Trinajstić information content (AvgIpc) is 2.30. The van der Waals surface area contributed by atoms with Crippen LogP contribution in [0, 0.1) is 5.41 Å². The summed E-state index contributed by atoms with van der Waals surface area (Å²) in [5.41, 5.74) is 0.692. The maximum absolute atomic E-state index is 11.0. The number of carbonyl (C=O) groups is 1. The molecule has 1 aromatic carbocycles. The van der Waals surface area contributed by atoms with E-state index in [1.807, 2.05) is 44.2 Å². The van der Waals surface area contributed by atoms with Crippen LogP contribution in [0.25, 0.3) is 0 Å². The Hall–Kier alpha value is -1.19. The van der Waals surface area contributed by atoms with Gasteiger partial charge in [-0.25, -0.2) is 0 Å². The molecule has 0 unspecified atom stereocenters. The van der Waals surface area contributed by atoms with E-state index in [4.69, 9.17) is 9.47 Å². The number of carbonyl (C=O) groups excluding carboxylic acids is 1. The van der Waals surface area contributed by atoms with Crippen LogP contribution in [-0.2, 0) is 14.3 Å². The Morgan fingerprint density at radius 3 is 2.62 bits per heavy atom. The van der Waals surface area contributed by atoms with E-state index in [0.717, 1.165) is 11.8 Å². The molecule has 0 aliphatic carbocycles. The molecule has 0 aromatic heterocycles. The van der Waals surface area contributed by atoms with E-state index >= 15 is 0 Å². The van der Waals surface area contributed by atoms with E-state index in [-0.39, 0.29) is 5.41 Å². The van der Waals surface area contributed by atoms with E-state index in [0.29, 0.717) is 6.61 Å². The van der Waals surface area contributed by atoms with Crippen LogP contribution in [0.4, 0.5) is 0 Å². The van der Waals surface area contributed by atoms with Crippen molar-refractivity contribution in [2.24, 2.45) is 5.41 Å². The van der Waals surface area contributed by atoms with E-state index < -0.39 is 12.4 Å². The van der Waals surface area contributed by atoms with Gasteiger partial charge < -0.3 is 14.3 Å². The van der Waals surface area contributed by atoms with Crippen molar-refractivity contribution in [3.8, 4) is 0 Å². The van der Waals surface area contributed by atoms with Gasteiger partial charge in [0, 0.05) is 11.0 Å². The molecular formula is C13H16O3. The zero-order chi connectivity index (χ0) is 11.6. The van der Waals surface area contributed by atoms with Gasteiger partial charge in [-0.3, -0.25) is 0 Å². The highest BCUT2D eigenvalue weighted by atomic mass is 16.7. The molecule has 0 spiro atoms. The van der Waals surface area contributed by atoms with Crippen molar-refractivity contribution >= 4 is 6.29 Å². The Labute approximate surface area is 95.4 Å². The lowest BCUT2D eigenvalue weighted by atomic mass is 9.87. The largest absolute Gasteiger partial charge is 0.348 e. The molecule has 1 fully saturated rings. The Bertz CT molecular complexity index is 359. The van der Waals surface area contributed by atoms with Crippen LogP contribution in [0.15, 0.2) is 30.3 Å². The highest BCUT2D eigenvalue weighted by Gasteiger charge is 2.38. The Morgan fingerprint density at radius 2 is 2.00 bits per heavy atom. The molecule has 1 aliphatic rings. The lowest BCUT2D eigenvalue weighted by molar-refractivity contribution is -0.253. The number of hydrogen-bond acceptors (Lipinski definition) is 3. The SMILES string of the molecule is CC1(C)CO[C@@H](c2ccccc2)O[C@H]1C=O. The minimum absolute atomic E-state index is 0.257. The topological polar surface area (TPSA) is 35.5 Å². The number of rotatable bonds is 2. The summed E-state index contributed by atoms with van der Waals surface area (Å²) in [5, 5.41) is 0. The third kappa shape index (κ3) is 2.15. The number of benzene rings is 1. The third-order valence-electron chi connectivity index (χ3n) is 2.84. The summed E-state index contributed by atoms with van der Waals surface area (Å²) in [6, 6.07) is 9.67. The van der Waals surface area contributed by atoms with Gasteiger partial charge in [-0.05, 0) is 0 Å². The fourth-order valence-electron chi connectivity index (χ4n) is 1.73. The molecule has 16 heavy (non-hydrogen) atoms. The molecule has 2 atom stereocenters. The quantitative estimate of drug-likeness (QED) is 0.717. The van der Waals surface area contributed by atoms with Crippen molar-refractivity contribution in [3.63, 3.8) is 0 Å². The molecule has 1 heterocycles. The van der Waals surface area contributed by atoms with Crippen molar-refractivity contribution < 1.29 is 14.3 Å². The van der Waals surface area contributed by atoms with Crippen LogP contribution in [-0.4, -0.2) is 19.0 Å². The first-order valence-corrected chi connectivity index (χ1v) is 5.41. The van der Waals surface area contributed by atoms with Crippen molar-refractivity contribution in [3.05, 3.63) is 35.9 Å². The fourth-order valence-corrected chi connectivity index (χ4v) is 1.73. The van der Waals surface area contributed by atoms with Gasteiger partial charge in [0.15, 0.2) is 6.29 Å². The molecule has 0 amide bonds. The monoisotopic (exact) mass is 220 g/mol. The van der Waals surface area contributed by atoms with Gasteiger partial charge in [0.1, 0.15) is 12.4 Å². The van der Waals surface area contributed by atoms with Crippen LogP contribution < -0.4 is 0 Å². The molecule has 86 valence electrons. The van der Waals surface area contributed by atoms with Gasteiger partial charge in [-0.2, -0.15) is 0 Å². The molecule has 0 saturated carbocycles. The molecular weight excluding hydrogens is 204 g/mol. The van der Waals surface area contributed by atoms with Crippen LogP contribution in [0.5, 0.6) is 0 Å². The summed E-state index contributed by atoms with van der Waals surface area (Å²) in [6.45, 7) is 4.45. The Morgan fingerprint density at radius 1 is 1.31 bits per heavy atom. The van der Waals surface area contributed by atoms with Gasteiger partial charge in [-0.15, -0.1) is 0 Å². The molecule has 3 heteroatoms. The highest BCUT2D eigenvalue weighted by Crippen LogP contribution is 2.35. The first-order valence-electron chi connectivity index (χ1n) is 5.41. The molecule has 1 aliphatic heterocycles. The number of hydrogen-bond donors (Lipinski definition) is 0. The normalized spacial score (nSPS) is 28.6. The van der Waals surface area contributed by atoms with E-state index in [2.05, 4.69) is 0 Å². The first kappa shape index (κ1) is 11.3. The average molecular weight is 220 g/mol. The van der Waals surface area contributed by atoms with Crippen molar-refractivity contribution in [2.75, 3.05) is 6.61 Å². The summed E-state index contributed by atoms with van der Waals surface area (Å²) >= 11 is 0. The molecule has 2 rings (SSSR count). The zero-order valence-corrected chi connectivity index (χ0v) is 9.55. The fraction of sp³-hybridized carbons (Fsp3) is 0.462. The summed E-state index contributed by atoms with van der Waals surface area (Å²) in [6.07, 6.45) is 0.0224. The van der Waals surface area contributed by atoms with Gasteiger partial charge in [0.25, 0.3) is 0 Å². The number of ether oxygens (including phenoxy) is 2. The zero-order valence-electron chi connectivity index (χ0n) is 9.55. The van der Waals surface area contributed by atoms with Gasteiger partial charge in [0.05, 0.1) is 6.61 Å². The van der Waals surface area contributed by atoms with E-state index in [1.165, 1.54) is 0 Å². The second-order valence-electron chi connectivity index (χ2n) is 4.73. The maximum Gasteiger partial charge on any atom is 0.184 e. The lowest BCUT2D eigenvalue weighted by Crippen LogP contribution is -2.43. The van der Waals surface area contributed by atoms with Crippen molar-refractivity contribution in [2.45, 2.75) is 26.2 Å². The summed E-state index contributed by atoms with van der Waals surface area (Å²) in [7, 11) is 0. The molecule has 0 radical (unpaired) electrons. The second kappa shape index (κ2) is 4.36. The molecule has 1 saturated heterocycles. The van der Waals surface area contributed by atoms with Gasteiger partial charge in [-0.1, -0.05) is 44.2 Å². The minimum atomic E-state index is -0.426. The first-order chi connectivity index (χ1) is 7.63. The maximum atomic E-state index is 11.0. The van der Waals surface area contributed by atoms with Crippen LogP contribution in [0.1, 0.15) is 25.7 Å². The predicted molar refractivity (Wildman–Crippen MR) is 59.9 cm³/mol. The van der Waals surface area contributed by atoms with Crippen LogP contribution in [0.2, 0.25) is 0 Å². The molecule has 3 nitrogen and oxygen atoms in total. The standard InChI is InChI=1S/C13H16O3/c1-13(2)9-15-12(16-11(13)8-14)10-6-4-3-5-7-10/h3-8,11-12H,9H2,1-2H3/t11-,12+/m0/s1. The molecule has 1 aromatic rings. The summed E-state index contributed by atoms with van der Waals surface area (Å²) in [5.74, 6) is 0. The van der Waals surface area contributed by atoms with E-state index in [1.54, 1.807) is 0 Å². The van der Waals surface area contributed by atoms with Crippen molar-refractivity contribution in [1.29, 1.82) is 0 Å². The second-order valence-corrected chi connectivity index (χ2v) is 4.73. The van der Waals surface area contributed by atoms with Gasteiger partial charge in [0.2, 0.25) is 0 Å². The minimum Gasteiger partial charge on any atom is -0.348 e. The smallest absolute Gasteiger partial charge is 0.184 e. The van der Waals surface area contributed by atoms with E-state index in [9.17, 15) is 4.79 Å². The Kier molecular flexibility index (Phi) is 3.08. The molecule has 0 bridgehead atoms. The number of aldehydes is 1. The summed E-state index contributed by atoms with van der Waals surface area (Å²) < 4.78 is 11.3. The van der Waals surface area contributed by atoms with Crippen molar-refractivity contribution in [1.82, 2.24) is 0 Å². The third-order valence-corrected chi connectivity index (χ3v) is 2.84. The Balaban J connectivity index is 2.14. The van der Waals surface area contributed by atoms with Gasteiger partial charge >= 0.3 is 0 Å². The van der Waals surface area contributed by atoms with Crippen LogP contribution >= 0.6 is 0 Å². The van der Waals surface area contributed by atoms with Crippen LogP contribution in [0.3, 0.4) is 0 Å². The lowest BCUT2D eigenvalue weighted by Gasteiger charge is -2.39. The highest BCUT2D eigenvalue weighted by molar-refractivity contribution is 5.57. The summed E-state index contributed by atoms with van der Waals surface area (Å²) in [4.78, 5) is 11.0. The predicted octanol–water partition coefficient (Wildman–Crippen LogP) is 2.33.